The van der Waals surface area contributed by atoms with Gasteiger partial charge in [0.05, 0.1) is 17.4 Å². The van der Waals surface area contributed by atoms with Crippen LogP contribution >= 0.6 is 0 Å². The molecule has 0 aliphatic rings. The topological polar surface area (TPSA) is 83.1 Å². The summed E-state index contributed by atoms with van der Waals surface area (Å²) in [6.07, 6.45) is 3.19. The zero-order chi connectivity index (χ0) is 19.2. The second-order valence-electron chi connectivity index (χ2n) is 6.11. The molecule has 0 fully saturated rings. The summed E-state index contributed by atoms with van der Waals surface area (Å²) < 4.78 is 0. The predicted octanol–water partition coefficient (Wildman–Crippen LogP) is 4.34. The lowest BCUT2D eigenvalue weighted by molar-refractivity contribution is -0.114. The van der Waals surface area contributed by atoms with E-state index in [0.717, 1.165) is 16.9 Å². The van der Waals surface area contributed by atoms with Crippen LogP contribution in [0.3, 0.4) is 0 Å². The summed E-state index contributed by atoms with van der Waals surface area (Å²) in [4.78, 5) is 27.7. The van der Waals surface area contributed by atoms with E-state index in [1.165, 1.54) is 13.1 Å². The van der Waals surface area contributed by atoms with Gasteiger partial charge in [0.1, 0.15) is 0 Å². The SMILES string of the molecule is CC(=O)Nc1ccc(NC(=O)c2cncc(Nc3ccccc3C)c2)cc1. The lowest BCUT2D eigenvalue weighted by atomic mass is 10.2. The molecule has 0 atom stereocenters. The van der Waals surface area contributed by atoms with Crippen LogP contribution in [0.25, 0.3) is 0 Å². The third-order valence-corrected chi connectivity index (χ3v) is 3.89. The average Bonchev–Trinajstić information content (AvgIpc) is 2.65. The standard InChI is InChI=1S/C21H20N4O2/c1-14-5-3-4-6-20(14)24-19-11-16(12-22-13-19)21(27)25-18-9-7-17(8-10-18)23-15(2)26/h3-13,24H,1-2H3,(H,23,26)(H,25,27). The number of rotatable bonds is 5. The minimum absolute atomic E-state index is 0.143. The van der Waals surface area contributed by atoms with Gasteiger partial charge < -0.3 is 16.0 Å². The van der Waals surface area contributed by atoms with Crippen LogP contribution in [0.15, 0.2) is 67.0 Å². The second-order valence-corrected chi connectivity index (χ2v) is 6.11. The summed E-state index contributed by atoms with van der Waals surface area (Å²) in [5.74, 6) is -0.404. The molecule has 3 aromatic rings. The normalized spacial score (nSPS) is 10.1. The molecule has 3 N–H and O–H groups in total. The molecule has 1 heterocycles. The van der Waals surface area contributed by atoms with Gasteiger partial charge in [0.25, 0.3) is 5.91 Å². The summed E-state index contributed by atoms with van der Waals surface area (Å²) in [7, 11) is 0. The highest BCUT2D eigenvalue weighted by Crippen LogP contribution is 2.21. The fourth-order valence-electron chi connectivity index (χ4n) is 2.54. The molecule has 0 unspecified atom stereocenters. The quantitative estimate of drug-likeness (QED) is 0.632. The van der Waals surface area contributed by atoms with Crippen LogP contribution in [0.1, 0.15) is 22.8 Å². The average molecular weight is 360 g/mol. The summed E-state index contributed by atoms with van der Waals surface area (Å²) >= 11 is 0. The number of nitrogens with one attached hydrogen (secondary N) is 3. The molecule has 136 valence electrons. The van der Waals surface area contributed by atoms with Gasteiger partial charge in [0.15, 0.2) is 0 Å². The Labute approximate surface area is 157 Å². The van der Waals surface area contributed by atoms with Crippen molar-refractivity contribution in [2.24, 2.45) is 0 Å². The first-order chi connectivity index (χ1) is 13.0. The summed E-state index contributed by atoms with van der Waals surface area (Å²) in [6.45, 7) is 3.46. The monoisotopic (exact) mass is 360 g/mol. The molecule has 6 nitrogen and oxygen atoms in total. The number of pyridine rings is 1. The molecule has 0 radical (unpaired) electrons. The van der Waals surface area contributed by atoms with Crippen molar-refractivity contribution in [2.75, 3.05) is 16.0 Å². The molecule has 0 saturated carbocycles. The van der Waals surface area contributed by atoms with Crippen LogP contribution in [0.5, 0.6) is 0 Å². The molecule has 27 heavy (non-hydrogen) atoms. The van der Waals surface area contributed by atoms with Crippen molar-refractivity contribution in [3.8, 4) is 0 Å². The van der Waals surface area contributed by atoms with Gasteiger partial charge in [0.2, 0.25) is 5.91 Å². The molecule has 0 aliphatic carbocycles. The number of anilines is 4. The third-order valence-electron chi connectivity index (χ3n) is 3.89. The summed E-state index contributed by atoms with van der Waals surface area (Å²) in [5, 5.41) is 8.78. The number of hydrogen-bond donors (Lipinski definition) is 3. The number of benzene rings is 2. The molecule has 6 heteroatoms. The first-order valence-corrected chi connectivity index (χ1v) is 8.48. The van der Waals surface area contributed by atoms with E-state index in [1.807, 2.05) is 31.2 Å². The molecule has 1 aromatic heterocycles. The van der Waals surface area contributed by atoms with Crippen LogP contribution in [0.4, 0.5) is 22.7 Å². The van der Waals surface area contributed by atoms with Gasteiger partial charge in [-0.05, 0) is 48.9 Å². The van der Waals surface area contributed by atoms with Gasteiger partial charge in [-0.2, -0.15) is 0 Å². The molecule has 0 spiro atoms. The van der Waals surface area contributed by atoms with E-state index in [4.69, 9.17) is 0 Å². The molecule has 0 saturated heterocycles. The van der Waals surface area contributed by atoms with Gasteiger partial charge in [0, 0.05) is 30.2 Å². The van der Waals surface area contributed by atoms with Crippen LogP contribution in [0, 0.1) is 6.92 Å². The number of amides is 2. The van der Waals surface area contributed by atoms with Gasteiger partial charge in [-0.3, -0.25) is 14.6 Å². The molecular weight excluding hydrogens is 340 g/mol. The van der Waals surface area contributed by atoms with E-state index in [2.05, 4.69) is 20.9 Å². The fraction of sp³-hybridized carbons (Fsp3) is 0.0952. The Morgan fingerprint density at radius 3 is 2.19 bits per heavy atom. The Morgan fingerprint density at radius 2 is 1.52 bits per heavy atom. The smallest absolute Gasteiger partial charge is 0.257 e. The van der Waals surface area contributed by atoms with Gasteiger partial charge in [-0.15, -0.1) is 0 Å². The molecule has 0 aliphatic heterocycles. The number of carbonyl (C=O) groups is 2. The van der Waals surface area contributed by atoms with Crippen molar-refractivity contribution >= 4 is 34.6 Å². The largest absolute Gasteiger partial charge is 0.354 e. The van der Waals surface area contributed by atoms with Crippen molar-refractivity contribution < 1.29 is 9.59 Å². The maximum absolute atomic E-state index is 12.5. The van der Waals surface area contributed by atoms with E-state index < -0.39 is 0 Å². The number of hydrogen-bond acceptors (Lipinski definition) is 4. The number of carbonyl (C=O) groups excluding carboxylic acids is 2. The van der Waals surface area contributed by atoms with Crippen molar-refractivity contribution in [1.29, 1.82) is 0 Å². The number of para-hydroxylation sites is 1. The highest BCUT2D eigenvalue weighted by Gasteiger charge is 2.08. The summed E-state index contributed by atoms with van der Waals surface area (Å²) in [6, 6.07) is 16.6. The molecule has 2 amide bonds. The number of nitrogens with zero attached hydrogens (tertiary/aromatic N) is 1. The Bertz CT molecular complexity index is 968. The molecule has 2 aromatic carbocycles. The highest BCUT2D eigenvalue weighted by molar-refractivity contribution is 6.04. The van der Waals surface area contributed by atoms with Crippen LogP contribution < -0.4 is 16.0 Å². The van der Waals surface area contributed by atoms with E-state index in [0.29, 0.717) is 16.9 Å². The molecule has 3 rings (SSSR count). The van der Waals surface area contributed by atoms with Gasteiger partial charge >= 0.3 is 0 Å². The van der Waals surface area contributed by atoms with E-state index in [-0.39, 0.29) is 11.8 Å². The summed E-state index contributed by atoms with van der Waals surface area (Å²) in [5.41, 5.74) is 4.55. The Hall–Kier alpha value is -3.67. The van der Waals surface area contributed by atoms with Crippen molar-refractivity contribution in [2.45, 2.75) is 13.8 Å². The lowest BCUT2D eigenvalue weighted by Gasteiger charge is -2.11. The minimum atomic E-state index is -0.261. The van der Waals surface area contributed by atoms with Gasteiger partial charge in [-0.1, -0.05) is 18.2 Å². The van der Waals surface area contributed by atoms with Crippen molar-refractivity contribution in [1.82, 2.24) is 4.98 Å². The fourth-order valence-corrected chi connectivity index (χ4v) is 2.54. The van der Waals surface area contributed by atoms with E-state index >= 15 is 0 Å². The Kier molecular flexibility index (Phi) is 5.47. The zero-order valence-corrected chi connectivity index (χ0v) is 15.1. The van der Waals surface area contributed by atoms with Crippen LogP contribution in [-0.2, 0) is 4.79 Å². The maximum Gasteiger partial charge on any atom is 0.257 e. The Balaban J connectivity index is 1.70. The van der Waals surface area contributed by atoms with E-state index in [1.54, 1.807) is 36.5 Å². The third kappa shape index (κ3) is 4.92. The van der Waals surface area contributed by atoms with Crippen LogP contribution in [0.2, 0.25) is 0 Å². The second kappa shape index (κ2) is 8.14. The lowest BCUT2D eigenvalue weighted by Crippen LogP contribution is -2.12. The molecular formula is C21H20N4O2. The van der Waals surface area contributed by atoms with Crippen molar-refractivity contribution in [3.05, 3.63) is 78.1 Å². The maximum atomic E-state index is 12.5. The Morgan fingerprint density at radius 1 is 0.852 bits per heavy atom. The predicted molar refractivity (Wildman–Crippen MR) is 107 cm³/mol. The number of aryl methyl sites for hydroxylation is 1. The van der Waals surface area contributed by atoms with Gasteiger partial charge in [-0.25, -0.2) is 0 Å². The zero-order valence-electron chi connectivity index (χ0n) is 15.1. The number of aromatic nitrogens is 1. The first-order valence-electron chi connectivity index (χ1n) is 8.48. The van der Waals surface area contributed by atoms with E-state index in [9.17, 15) is 9.59 Å². The van der Waals surface area contributed by atoms with Crippen LogP contribution in [-0.4, -0.2) is 16.8 Å². The van der Waals surface area contributed by atoms with Crippen molar-refractivity contribution in [3.63, 3.8) is 0 Å². The minimum Gasteiger partial charge on any atom is -0.354 e. The first kappa shape index (κ1) is 18.1. The highest BCUT2D eigenvalue weighted by atomic mass is 16.2. The molecule has 0 bridgehead atoms.